The molecule has 0 heterocycles. The molecule has 1 aromatic rings. The Morgan fingerprint density at radius 1 is 1.08 bits per heavy atom. The Bertz CT molecular complexity index is 581. The van der Waals surface area contributed by atoms with E-state index in [1.807, 2.05) is 0 Å². The summed E-state index contributed by atoms with van der Waals surface area (Å²) in [5, 5.41) is 3.69. The van der Waals surface area contributed by atoms with Gasteiger partial charge in [-0.25, -0.2) is 0 Å². The summed E-state index contributed by atoms with van der Waals surface area (Å²) in [6, 6.07) is 7.25. The summed E-state index contributed by atoms with van der Waals surface area (Å²) in [7, 11) is 5.16. The quantitative estimate of drug-likeness (QED) is 0.811. The van der Waals surface area contributed by atoms with Crippen LogP contribution in [0.5, 0.6) is 0 Å². The highest BCUT2D eigenvalue weighted by atomic mass is 16.5. The molecule has 25 heavy (non-hydrogen) atoms. The Kier molecular flexibility index (Phi) is 6.03. The molecule has 0 spiro atoms. The predicted molar refractivity (Wildman–Crippen MR) is 106 cm³/mol. The topological polar surface area (TPSA) is 38.3 Å². The summed E-state index contributed by atoms with van der Waals surface area (Å²) < 4.78 is 5.57. The largest absolute Gasteiger partial charge is 0.382 e. The van der Waals surface area contributed by atoms with Crippen LogP contribution in [0.15, 0.2) is 18.2 Å². The lowest BCUT2D eigenvalue weighted by Crippen LogP contribution is -2.21. The summed E-state index contributed by atoms with van der Waals surface area (Å²) in [6.07, 6.45) is 3.06. The minimum Gasteiger partial charge on any atom is -0.382 e. The summed E-state index contributed by atoms with van der Waals surface area (Å²) in [6.45, 7) is 13.5. The van der Waals surface area contributed by atoms with Crippen LogP contribution in [0, 0.1) is 0 Å². The van der Waals surface area contributed by atoms with E-state index in [4.69, 9.17) is 12.6 Å². The molecular formula is C21H32BNO2. The van der Waals surface area contributed by atoms with Crippen molar-refractivity contribution < 1.29 is 9.53 Å². The minimum absolute atomic E-state index is 0.0189. The zero-order valence-corrected chi connectivity index (χ0v) is 16.6. The van der Waals surface area contributed by atoms with Crippen LogP contribution in [0.4, 0.5) is 5.69 Å². The molecule has 0 saturated heterocycles. The molecule has 0 aliphatic heterocycles. The van der Waals surface area contributed by atoms with Gasteiger partial charge in [-0.2, -0.15) is 0 Å². The van der Waals surface area contributed by atoms with Crippen molar-refractivity contribution in [1.82, 2.24) is 0 Å². The van der Waals surface area contributed by atoms with Crippen LogP contribution in [-0.4, -0.2) is 32.3 Å². The van der Waals surface area contributed by atoms with Gasteiger partial charge in [-0.3, -0.25) is 0 Å². The van der Waals surface area contributed by atoms with Gasteiger partial charge in [0.2, 0.25) is 0 Å². The average molecular weight is 341 g/mol. The first kappa shape index (κ1) is 20.0. The normalized spacial score (nSPS) is 21.4. The van der Waals surface area contributed by atoms with Crippen LogP contribution in [0.3, 0.4) is 0 Å². The lowest BCUT2D eigenvalue weighted by atomic mass is 9.80. The monoisotopic (exact) mass is 341 g/mol. The predicted octanol–water partition coefficient (Wildman–Crippen LogP) is 4.33. The molecule has 1 aliphatic carbocycles. The number of benzene rings is 1. The molecule has 1 saturated carbocycles. The Labute approximate surface area is 154 Å². The van der Waals surface area contributed by atoms with E-state index < -0.39 is 5.68 Å². The molecule has 1 fully saturated rings. The van der Waals surface area contributed by atoms with Gasteiger partial charge in [-0.05, 0) is 53.4 Å². The van der Waals surface area contributed by atoms with Crippen molar-refractivity contribution in [2.24, 2.45) is 0 Å². The first-order chi connectivity index (χ1) is 11.4. The summed E-state index contributed by atoms with van der Waals surface area (Å²) in [5.74, 6) is 0. The molecule has 3 nitrogen and oxygen atoms in total. The van der Waals surface area contributed by atoms with E-state index in [1.54, 1.807) is 0 Å². The lowest BCUT2D eigenvalue weighted by Gasteiger charge is -2.27. The van der Waals surface area contributed by atoms with Gasteiger partial charge in [-0.1, -0.05) is 47.6 Å². The maximum Gasteiger partial charge on any atom is 0.171 e. The first-order valence-corrected chi connectivity index (χ1v) is 9.27. The molecule has 4 heteroatoms. The SMILES string of the molecule is [B]C(=O)COC1CCC(Nc2cc(C(C)(C)C)cc(C(C)(C)C)c2)C1. The van der Waals surface area contributed by atoms with E-state index in [0.29, 0.717) is 6.04 Å². The van der Waals surface area contributed by atoms with Crippen molar-refractivity contribution >= 4 is 19.2 Å². The number of ether oxygens (including phenoxy) is 1. The van der Waals surface area contributed by atoms with E-state index in [1.165, 1.54) is 16.8 Å². The fourth-order valence-corrected chi connectivity index (χ4v) is 3.24. The molecule has 0 aromatic heterocycles. The van der Waals surface area contributed by atoms with Crippen molar-refractivity contribution in [2.45, 2.75) is 83.8 Å². The summed E-state index contributed by atoms with van der Waals surface area (Å²) in [5.41, 5.74) is 3.70. The number of nitrogens with one attached hydrogen (secondary N) is 1. The number of carbonyl (C=O) groups excluding carboxylic acids is 1. The number of carbonyl (C=O) groups is 1. The molecule has 136 valence electrons. The number of rotatable bonds is 5. The van der Waals surface area contributed by atoms with E-state index in [-0.39, 0.29) is 23.5 Å². The highest BCUT2D eigenvalue weighted by Gasteiger charge is 2.26. The molecule has 2 rings (SSSR count). The number of hydrogen-bond acceptors (Lipinski definition) is 3. The molecule has 1 N–H and O–H groups in total. The lowest BCUT2D eigenvalue weighted by molar-refractivity contribution is -0.117. The fraction of sp³-hybridized carbons (Fsp3) is 0.667. The Balaban J connectivity index is 2.12. The third kappa shape index (κ3) is 5.88. The molecule has 1 aliphatic rings. The molecule has 0 bridgehead atoms. The van der Waals surface area contributed by atoms with E-state index >= 15 is 0 Å². The van der Waals surface area contributed by atoms with Crippen molar-refractivity contribution in [1.29, 1.82) is 0 Å². The van der Waals surface area contributed by atoms with Crippen molar-refractivity contribution in [3.8, 4) is 0 Å². The average Bonchev–Trinajstić information content (AvgIpc) is 2.90. The third-order valence-corrected chi connectivity index (χ3v) is 4.88. The summed E-state index contributed by atoms with van der Waals surface area (Å²) in [4.78, 5) is 10.9. The molecule has 0 amide bonds. The Morgan fingerprint density at radius 2 is 1.64 bits per heavy atom. The van der Waals surface area contributed by atoms with Crippen LogP contribution in [0.25, 0.3) is 0 Å². The van der Waals surface area contributed by atoms with Gasteiger partial charge >= 0.3 is 0 Å². The van der Waals surface area contributed by atoms with E-state index in [0.717, 1.165) is 19.3 Å². The maximum absolute atomic E-state index is 10.9. The Morgan fingerprint density at radius 3 is 2.12 bits per heavy atom. The third-order valence-electron chi connectivity index (χ3n) is 4.88. The van der Waals surface area contributed by atoms with Crippen molar-refractivity contribution in [3.05, 3.63) is 29.3 Å². The van der Waals surface area contributed by atoms with E-state index in [9.17, 15) is 4.79 Å². The standard InChI is InChI=1S/C21H32BNO2/c1-20(2,3)14-9-15(21(4,5)6)11-17(10-14)23-16-7-8-18(12-16)25-13-19(22)24/h9-11,16,18,23H,7-8,12-13H2,1-6H3. The van der Waals surface area contributed by atoms with Gasteiger partial charge in [0, 0.05) is 11.7 Å². The second kappa shape index (κ2) is 7.53. The minimum atomic E-state index is -0.399. The van der Waals surface area contributed by atoms with Crippen LogP contribution in [0.2, 0.25) is 0 Å². The molecule has 2 atom stereocenters. The van der Waals surface area contributed by atoms with Crippen LogP contribution < -0.4 is 5.32 Å². The number of hydrogen-bond donors (Lipinski definition) is 1. The summed E-state index contributed by atoms with van der Waals surface area (Å²) >= 11 is 0. The molecule has 2 radical (unpaired) electrons. The van der Waals surface area contributed by atoms with Gasteiger partial charge < -0.3 is 14.8 Å². The highest BCUT2D eigenvalue weighted by Crippen LogP contribution is 2.33. The number of anilines is 1. The van der Waals surface area contributed by atoms with E-state index in [2.05, 4.69) is 65.1 Å². The van der Waals surface area contributed by atoms with Crippen molar-refractivity contribution in [2.75, 3.05) is 11.9 Å². The zero-order valence-electron chi connectivity index (χ0n) is 16.6. The highest BCUT2D eigenvalue weighted by molar-refractivity contribution is 6.58. The van der Waals surface area contributed by atoms with Crippen LogP contribution >= 0.6 is 0 Å². The van der Waals surface area contributed by atoms with Gasteiger partial charge in [0.25, 0.3) is 0 Å². The van der Waals surface area contributed by atoms with Crippen LogP contribution in [0.1, 0.15) is 71.9 Å². The van der Waals surface area contributed by atoms with Crippen molar-refractivity contribution in [3.63, 3.8) is 0 Å². The molecule has 1 aromatic carbocycles. The fourth-order valence-electron chi connectivity index (χ4n) is 3.24. The first-order valence-electron chi connectivity index (χ1n) is 9.27. The van der Waals surface area contributed by atoms with Gasteiger partial charge in [0.15, 0.2) is 7.85 Å². The Hall–Kier alpha value is -1.29. The van der Waals surface area contributed by atoms with Gasteiger partial charge in [0.1, 0.15) is 5.68 Å². The second-order valence-electron chi connectivity index (χ2n) is 9.35. The van der Waals surface area contributed by atoms with Crippen LogP contribution in [-0.2, 0) is 20.4 Å². The maximum atomic E-state index is 10.9. The van der Waals surface area contributed by atoms with Gasteiger partial charge in [0.05, 0.1) is 12.7 Å². The zero-order chi connectivity index (χ0) is 18.8. The van der Waals surface area contributed by atoms with Gasteiger partial charge in [-0.15, -0.1) is 0 Å². The smallest absolute Gasteiger partial charge is 0.171 e. The molecular weight excluding hydrogens is 309 g/mol. The second-order valence-corrected chi connectivity index (χ2v) is 9.35. The molecule has 2 unspecified atom stereocenters.